The number of carbonyl (C=O) groups excluding carboxylic acids is 2. The Morgan fingerprint density at radius 1 is 1.08 bits per heavy atom. The second-order valence-corrected chi connectivity index (χ2v) is 7.51. The number of ether oxygens (including phenoxy) is 1. The van der Waals surface area contributed by atoms with Gasteiger partial charge in [-0.25, -0.2) is 0 Å². The Morgan fingerprint density at radius 3 is 2.42 bits per heavy atom. The maximum Gasteiger partial charge on any atom is 0.286 e. The van der Waals surface area contributed by atoms with Crippen molar-refractivity contribution in [1.82, 2.24) is 4.90 Å². The molecule has 0 fully saturated rings. The Morgan fingerprint density at radius 2 is 1.73 bits per heavy atom. The van der Waals surface area contributed by atoms with Crippen LogP contribution in [-0.2, 0) is 4.79 Å². The van der Waals surface area contributed by atoms with Crippen molar-refractivity contribution >= 4 is 63.4 Å². The van der Waals surface area contributed by atoms with Crippen LogP contribution in [0.5, 0.6) is 5.75 Å². The van der Waals surface area contributed by atoms with Gasteiger partial charge in [0.25, 0.3) is 11.1 Å². The van der Waals surface area contributed by atoms with E-state index in [4.69, 9.17) is 39.5 Å². The van der Waals surface area contributed by atoms with Crippen LogP contribution in [0.4, 0.5) is 10.5 Å². The van der Waals surface area contributed by atoms with Crippen molar-refractivity contribution in [3.8, 4) is 5.75 Å². The molecule has 0 aliphatic carbocycles. The third-order valence-corrected chi connectivity index (χ3v) is 5.19. The number of thioether (sulfide) groups is 1. The highest BCUT2D eigenvalue weighted by atomic mass is 35.5. The summed E-state index contributed by atoms with van der Waals surface area (Å²) in [6.45, 7) is -0.279. The van der Waals surface area contributed by atoms with E-state index in [2.05, 4.69) is 5.32 Å². The van der Waals surface area contributed by atoms with Crippen LogP contribution < -0.4 is 10.1 Å². The van der Waals surface area contributed by atoms with E-state index in [0.717, 1.165) is 11.8 Å². The molecule has 138 valence electrons. The van der Waals surface area contributed by atoms with Crippen LogP contribution in [0.25, 0.3) is 0 Å². The van der Waals surface area contributed by atoms with Gasteiger partial charge >= 0.3 is 0 Å². The SMILES string of the molecule is CN(C)C(=O)Sc1ccccc1NC(=O)COc1cc(Cl)c(Cl)cc1Cl. The number of para-hydroxylation sites is 1. The van der Waals surface area contributed by atoms with Gasteiger partial charge in [0.1, 0.15) is 5.75 Å². The van der Waals surface area contributed by atoms with Crippen molar-refractivity contribution in [3.05, 3.63) is 51.5 Å². The molecule has 5 nitrogen and oxygen atoms in total. The molecule has 9 heteroatoms. The molecule has 2 aromatic rings. The van der Waals surface area contributed by atoms with Crippen molar-refractivity contribution in [2.75, 3.05) is 26.0 Å². The molecule has 0 saturated carbocycles. The van der Waals surface area contributed by atoms with Gasteiger partial charge in [0.05, 0.1) is 20.8 Å². The summed E-state index contributed by atoms with van der Waals surface area (Å²) >= 11 is 18.8. The minimum absolute atomic E-state index is 0.148. The molecular formula is C17H15Cl3N2O3S. The molecule has 0 heterocycles. The van der Waals surface area contributed by atoms with E-state index >= 15 is 0 Å². The Bertz CT molecular complexity index is 831. The zero-order valence-corrected chi connectivity index (χ0v) is 17.0. The van der Waals surface area contributed by atoms with Crippen LogP contribution in [0.1, 0.15) is 0 Å². The molecule has 2 aromatic carbocycles. The predicted octanol–water partition coefficient (Wildman–Crippen LogP) is 5.44. The van der Waals surface area contributed by atoms with Gasteiger partial charge in [0.15, 0.2) is 6.61 Å². The topological polar surface area (TPSA) is 58.6 Å². The van der Waals surface area contributed by atoms with Crippen molar-refractivity contribution < 1.29 is 14.3 Å². The van der Waals surface area contributed by atoms with E-state index in [9.17, 15) is 9.59 Å². The number of amides is 2. The van der Waals surface area contributed by atoms with Gasteiger partial charge in [-0.1, -0.05) is 46.9 Å². The standard InChI is InChI=1S/C17H15Cl3N2O3S/c1-22(2)17(24)26-15-6-4-3-5-13(15)21-16(23)9-25-14-8-11(19)10(18)7-12(14)20/h3-8H,9H2,1-2H3,(H,21,23). The monoisotopic (exact) mass is 432 g/mol. The lowest BCUT2D eigenvalue weighted by atomic mass is 10.3. The van der Waals surface area contributed by atoms with Gasteiger partial charge < -0.3 is 15.0 Å². The van der Waals surface area contributed by atoms with Crippen molar-refractivity contribution in [3.63, 3.8) is 0 Å². The fourth-order valence-corrected chi connectivity index (χ4v) is 3.13. The summed E-state index contributed by atoms with van der Waals surface area (Å²) in [5.74, 6) is -0.154. The average molecular weight is 434 g/mol. The van der Waals surface area contributed by atoms with Crippen LogP contribution in [-0.4, -0.2) is 36.7 Å². The summed E-state index contributed by atoms with van der Waals surface area (Å²) < 4.78 is 5.40. The first kappa shape index (κ1) is 20.7. The van der Waals surface area contributed by atoms with Crippen LogP contribution in [0, 0.1) is 0 Å². The van der Waals surface area contributed by atoms with Crippen LogP contribution in [0.15, 0.2) is 41.3 Å². The first-order valence-corrected chi connectivity index (χ1v) is 9.28. The summed E-state index contributed by atoms with van der Waals surface area (Å²) in [6.07, 6.45) is 0. The first-order valence-electron chi connectivity index (χ1n) is 7.33. The second-order valence-electron chi connectivity index (χ2n) is 5.29. The van der Waals surface area contributed by atoms with Crippen molar-refractivity contribution in [1.29, 1.82) is 0 Å². The predicted molar refractivity (Wildman–Crippen MR) is 107 cm³/mol. The maximum absolute atomic E-state index is 12.2. The Kier molecular flexibility index (Phi) is 7.46. The highest BCUT2D eigenvalue weighted by molar-refractivity contribution is 8.13. The molecular weight excluding hydrogens is 419 g/mol. The van der Waals surface area contributed by atoms with Crippen molar-refractivity contribution in [2.45, 2.75) is 4.90 Å². The maximum atomic E-state index is 12.2. The van der Waals surface area contributed by atoms with Gasteiger partial charge in [-0.3, -0.25) is 9.59 Å². The summed E-state index contributed by atoms with van der Waals surface area (Å²) in [4.78, 5) is 26.1. The number of hydrogen-bond donors (Lipinski definition) is 1. The smallest absolute Gasteiger partial charge is 0.286 e. The van der Waals surface area contributed by atoms with Gasteiger partial charge in [0.2, 0.25) is 0 Å². The average Bonchev–Trinajstić information content (AvgIpc) is 2.58. The number of anilines is 1. The molecule has 0 atom stereocenters. The molecule has 2 rings (SSSR count). The van der Waals surface area contributed by atoms with E-state index in [0.29, 0.717) is 15.6 Å². The highest BCUT2D eigenvalue weighted by Gasteiger charge is 2.14. The number of benzene rings is 2. The number of nitrogens with zero attached hydrogens (tertiary/aromatic N) is 1. The third kappa shape index (κ3) is 5.71. The minimum atomic E-state index is -0.405. The van der Waals surface area contributed by atoms with E-state index in [1.54, 1.807) is 38.4 Å². The Balaban J connectivity index is 2.02. The summed E-state index contributed by atoms with van der Waals surface area (Å²) in [6, 6.07) is 9.88. The largest absolute Gasteiger partial charge is 0.482 e. The van der Waals surface area contributed by atoms with E-state index in [-0.39, 0.29) is 27.6 Å². The minimum Gasteiger partial charge on any atom is -0.482 e. The molecule has 0 spiro atoms. The van der Waals surface area contributed by atoms with Gasteiger partial charge in [-0.05, 0) is 30.0 Å². The Hall–Kier alpha value is -1.60. The van der Waals surface area contributed by atoms with Gasteiger partial charge in [0, 0.05) is 25.1 Å². The van der Waals surface area contributed by atoms with E-state index in [1.807, 2.05) is 0 Å². The molecule has 0 radical (unpaired) electrons. The van der Waals surface area contributed by atoms with Crippen LogP contribution in [0.3, 0.4) is 0 Å². The van der Waals surface area contributed by atoms with Crippen molar-refractivity contribution in [2.24, 2.45) is 0 Å². The zero-order chi connectivity index (χ0) is 19.3. The number of carbonyl (C=O) groups is 2. The first-order chi connectivity index (χ1) is 12.3. The number of rotatable bonds is 5. The molecule has 0 aliphatic heterocycles. The number of nitrogens with one attached hydrogen (secondary N) is 1. The second kappa shape index (κ2) is 9.37. The normalized spacial score (nSPS) is 10.3. The summed E-state index contributed by atoms with van der Waals surface area (Å²) in [5.41, 5.74) is 0.515. The third-order valence-electron chi connectivity index (χ3n) is 3.06. The molecule has 0 unspecified atom stereocenters. The quantitative estimate of drug-likeness (QED) is 0.504. The number of hydrogen-bond acceptors (Lipinski definition) is 4. The van der Waals surface area contributed by atoms with Gasteiger partial charge in [-0.2, -0.15) is 0 Å². The number of halogens is 3. The molecule has 0 saturated heterocycles. The lowest BCUT2D eigenvalue weighted by molar-refractivity contribution is -0.118. The molecule has 0 bridgehead atoms. The summed E-state index contributed by atoms with van der Waals surface area (Å²) in [7, 11) is 3.32. The molecule has 0 aromatic heterocycles. The van der Waals surface area contributed by atoms with Crippen LogP contribution in [0.2, 0.25) is 15.1 Å². The summed E-state index contributed by atoms with van der Waals surface area (Å²) in [5, 5.41) is 3.38. The van der Waals surface area contributed by atoms with Gasteiger partial charge in [-0.15, -0.1) is 0 Å². The lowest BCUT2D eigenvalue weighted by Crippen LogP contribution is -2.21. The lowest BCUT2D eigenvalue weighted by Gasteiger charge is -2.13. The van der Waals surface area contributed by atoms with E-state index < -0.39 is 5.91 Å². The molecule has 0 aliphatic rings. The fourth-order valence-electron chi connectivity index (χ4n) is 1.79. The zero-order valence-electron chi connectivity index (χ0n) is 13.9. The Labute approximate surface area is 170 Å². The highest BCUT2D eigenvalue weighted by Crippen LogP contribution is 2.34. The molecule has 26 heavy (non-hydrogen) atoms. The fraction of sp³-hybridized carbons (Fsp3) is 0.176. The van der Waals surface area contributed by atoms with Crippen LogP contribution >= 0.6 is 46.6 Å². The van der Waals surface area contributed by atoms with E-state index in [1.165, 1.54) is 17.0 Å². The molecule has 1 N–H and O–H groups in total. The molecule has 2 amide bonds.